The Kier molecular flexibility index (Phi) is 12.6. The van der Waals surface area contributed by atoms with Crippen LogP contribution in [0.5, 0.6) is 0 Å². The Morgan fingerprint density at radius 3 is 2.07 bits per heavy atom. The van der Waals surface area contributed by atoms with Gasteiger partial charge in [-0.2, -0.15) is 0 Å². The summed E-state index contributed by atoms with van der Waals surface area (Å²) in [4.78, 5) is 25.4. The maximum absolute atomic E-state index is 12.9. The molecule has 0 aromatic heterocycles. The number of carbonyl (C=O) groups is 2. The van der Waals surface area contributed by atoms with Crippen LogP contribution in [0.2, 0.25) is 13.3 Å². The summed E-state index contributed by atoms with van der Waals surface area (Å²) in [6.45, 7) is 12.9. The summed E-state index contributed by atoms with van der Waals surface area (Å²) in [7, 11) is 0. The van der Waals surface area contributed by atoms with Gasteiger partial charge in [0.1, 0.15) is 0 Å². The van der Waals surface area contributed by atoms with Crippen LogP contribution in [-0.4, -0.2) is 29.9 Å². The Morgan fingerprint density at radius 1 is 1.07 bits per heavy atom. The predicted octanol–water partition coefficient (Wildman–Crippen LogP) is 7.60. The molecule has 1 fully saturated rings. The second-order valence-electron chi connectivity index (χ2n) is 8.86. The molecule has 0 aromatic carbocycles. The molecule has 0 bridgehead atoms. The van der Waals surface area contributed by atoms with Gasteiger partial charge in [-0.3, -0.25) is 0 Å². The molecule has 1 rings (SSSR count). The van der Waals surface area contributed by atoms with Gasteiger partial charge in [-0.15, -0.1) is 0 Å². The molecule has 0 saturated heterocycles. The fourth-order valence-electron chi connectivity index (χ4n) is 4.94. The molecule has 1 aliphatic carbocycles. The van der Waals surface area contributed by atoms with Crippen LogP contribution in [0.4, 0.5) is 0 Å². The molecule has 2 nitrogen and oxygen atoms in total. The molecule has 1 unspecified atom stereocenters. The molecular formula is C25H44O2Sn. The van der Waals surface area contributed by atoms with Crippen LogP contribution in [0.1, 0.15) is 98.3 Å². The van der Waals surface area contributed by atoms with Gasteiger partial charge < -0.3 is 0 Å². The monoisotopic (exact) mass is 496 g/mol. The quantitative estimate of drug-likeness (QED) is 0.133. The first-order valence-electron chi connectivity index (χ1n) is 11.8. The fraction of sp³-hybridized carbons (Fsp3) is 0.760. The third-order valence-corrected chi connectivity index (χ3v) is 23.3. The molecule has 0 aliphatic heterocycles. The van der Waals surface area contributed by atoms with Crippen molar-refractivity contribution in [1.29, 1.82) is 0 Å². The summed E-state index contributed by atoms with van der Waals surface area (Å²) in [6, 6.07) is 0. The van der Waals surface area contributed by atoms with E-state index in [4.69, 9.17) is 0 Å². The molecule has 1 atom stereocenters. The van der Waals surface area contributed by atoms with E-state index < -0.39 is 18.4 Å². The van der Waals surface area contributed by atoms with Crippen molar-refractivity contribution in [3.8, 4) is 0 Å². The first kappa shape index (κ1) is 25.7. The van der Waals surface area contributed by atoms with Crippen LogP contribution in [0.25, 0.3) is 0 Å². The Bertz CT molecular complexity index is 525. The van der Waals surface area contributed by atoms with Gasteiger partial charge >= 0.3 is 179 Å². The number of allylic oxidation sites excluding steroid dienone is 3. The van der Waals surface area contributed by atoms with Gasteiger partial charge in [0.15, 0.2) is 0 Å². The van der Waals surface area contributed by atoms with E-state index in [1.165, 1.54) is 51.8 Å². The molecule has 1 saturated carbocycles. The number of Topliss-reactive ketones (excluding diaryl/α,β-unsaturated/α-hetero) is 2. The topological polar surface area (TPSA) is 34.1 Å². The standard InChI is InChI=1S/C13H17O2.3C4H9.Sn/c1-3-5-6-11(14)9-10-7-8-13(15)12(10)4-2;3*1-3-4-2;/h3,10H,1,5-9H2,2H3;3*1,3-4H2,2H3;. The van der Waals surface area contributed by atoms with Crippen molar-refractivity contribution >= 4 is 29.9 Å². The van der Waals surface area contributed by atoms with Gasteiger partial charge in [0.25, 0.3) is 0 Å². The van der Waals surface area contributed by atoms with Crippen LogP contribution in [0.15, 0.2) is 21.8 Å². The molecule has 0 heterocycles. The van der Waals surface area contributed by atoms with E-state index in [9.17, 15) is 9.59 Å². The molecule has 0 radical (unpaired) electrons. The molecule has 28 heavy (non-hydrogen) atoms. The average Bonchev–Trinajstić information content (AvgIpc) is 3.05. The maximum atomic E-state index is 12.9. The fourth-order valence-corrected chi connectivity index (χ4v) is 21.7. The van der Waals surface area contributed by atoms with Crippen molar-refractivity contribution in [2.24, 2.45) is 5.92 Å². The molecule has 0 aromatic rings. The number of carbonyl (C=O) groups excluding carboxylic acids is 2. The van der Waals surface area contributed by atoms with Gasteiger partial charge in [0.2, 0.25) is 0 Å². The Balaban J connectivity index is 3.23. The van der Waals surface area contributed by atoms with Gasteiger partial charge in [-0.25, -0.2) is 0 Å². The van der Waals surface area contributed by atoms with E-state index in [0.717, 1.165) is 18.4 Å². The number of hydrogen-bond donors (Lipinski definition) is 0. The Labute approximate surface area is 178 Å². The van der Waals surface area contributed by atoms with E-state index in [0.29, 0.717) is 30.8 Å². The van der Waals surface area contributed by atoms with Crippen molar-refractivity contribution in [2.75, 3.05) is 0 Å². The van der Waals surface area contributed by atoms with Gasteiger partial charge in [-0.05, 0) is 0 Å². The zero-order chi connectivity index (χ0) is 21.0. The summed E-state index contributed by atoms with van der Waals surface area (Å²) < 4.78 is 5.73. The summed E-state index contributed by atoms with van der Waals surface area (Å²) >= 11 is -2.58. The molecule has 160 valence electrons. The summed E-state index contributed by atoms with van der Waals surface area (Å²) in [5.74, 6) is 0.872. The van der Waals surface area contributed by atoms with Crippen molar-refractivity contribution in [3.63, 3.8) is 0 Å². The normalized spacial score (nSPS) is 19.1. The van der Waals surface area contributed by atoms with Gasteiger partial charge in [0, 0.05) is 0 Å². The van der Waals surface area contributed by atoms with E-state index >= 15 is 0 Å². The van der Waals surface area contributed by atoms with E-state index in [1.54, 1.807) is 3.59 Å². The third kappa shape index (κ3) is 7.46. The zero-order valence-electron chi connectivity index (χ0n) is 19.1. The summed E-state index contributed by atoms with van der Waals surface area (Å²) in [5, 5.41) is 0. The summed E-state index contributed by atoms with van der Waals surface area (Å²) in [6.07, 6.45) is 12.9. The van der Waals surface area contributed by atoms with Crippen LogP contribution in [0, 0.1) is 5.92 Å². The third-order valence-electron chi connectivity index (χ3n) is 6.76. The molecule has 0 N–H and O–H groups in total. The van der Waals surface area contributed by atoms with Crippen LogP contribution in [-0.2, 0) is 9.59 Å². The Morgan fingerprint density at radius 2 is 1.61 bits per heavy atom. The number of rotatable bonds is 15. The molecule has 0 amide bonds. The number of unbranched alkanes of at least 4 members (excludes halogenated alkanes) is 3. The zero-order valence-corrected chi connectivity index (χ0v) is 21.9. The predicted molar refractivity (Wildman–Crippen MR) is 124 cm³/mol. The molecule has 0 spiro atoms. The second-order valence-corrected chi connectivity index (χ2v) is 22.6. The summed E-state index contributed by atoms with van der Waals surface area (Å²) in [5.41, 5.74) is 1.13. The SMILES string of the molecule is C=CCCC(=O)CC1CCC(=O)/C1=[C](\C)[Sn]([CH2]CCC)([CH2]CCC)[CH2]CCC. The second kappa shape index (κ2) is 13.8. The Hall–Kier alpha value is -0.381. The van der Waals surface area contributed by atoms with Crippen LogP contribution in [0.3, 0.4) is 0 Å². The number of ketones is 2. The van der Waals surface area contributed by atoms with Crippen molar-refractivity contribution in [1.82, 2.24) is 0 Å². The van der Waals surface area contributed by atoms with Gasteiger partial charge in [-0.1, -0.05) is 0 Å². The van der Waals surface area contributed by atoms with Crippen molar-refractivity contribution in [3.05, 3.63) is 21.8 Å². The van der Waals surface area contributed by atoms with Crippen LogP contribution >= 0.6 is 0 Å². The van der Waals surface area contributed by atoms with Gasteiger partial charge in [0.05, 0.1) is 0 Å². The first-order valence-corrected chi connectivity index (χ1v) is 19.3. The minimum atomic E-state index is -2.58. The molecule has 1 aliphatic rings. The van der Waals surface area contributed by atoms with Crippen LogP contribution < -0.4 is 0 Å². The van der Waals surface area contributed by atoms with E-state index in [-0.39, 0.29) is 5.92 Å². The first-order chi connectivity index (χ1) is 13.5. The van der Waals surface area contributed by atoms with Crippen molar-refractivity contribution < 1.29 is 9.59 Å². The van der Waals surface area contributed by atoms with Crippen molar-refractivity contribution in [2.45, 2.75) is 112 Å². The van der Waals surface area contributed by atoms with E-state index in [2.05, 4.69) is 34.3 Å². The van der Waals surface area contributed by atoms with E-state index in [1.807, 2.05) is 6.08 Å². The average molecular weight is 495 g/mol. The number of hydrogen-bond acceptors (Lipinski definition) is 2. The molecule has 3 heteroatoms. The molecular weight excluding hydrogens is 451 g/mol. The minimum absolute atomic E-state index is 0.200.